The molecular weight excluding hydrogens is 457 g/mol. The van der Waals surface area contributed by atoms with Crippen LogP contribution in [0.1, 0.15) is 57.5 Å². The van der Waals surface area contributed by atoms with Gasteiger partial charge in [0.05, 0.1) is 21.8 Å². The Labute approximate surface area is 203 Å². The maximum atomic E-state index is 14.5. The van der Waals surface area contributed by atoms with Crippen molar-refractivity contribution in [3.05, 3.63) is 58.6 Å². The number of fused-ring (bicyclic) bond motifs is 1. The summed E-state index contributed by atoms with van der Waals surface area (Å²) in [4.78, 5) is 33.9. The number of halogens is 2. The van der Waals surface area contributed by atoms with Crippen LogP contribution in [0.4, 0.5) is 15.9 Å². The van der Waals surface area contributed by atoms with Crippen molar-refractivity contribution in [1.82, 2.24) is 15.3 Å². The molecule has 9 heteroatoms. The van der Waals surface area contributed by atoms with Crippen LogP contribution in [0.5, 0.6) is 0 Å². The molecule has 0 spiro atoms. The fraction of sp³-hybridized carbons (Fsp3) is 0.360. The van der Waals surface area contributed by atoms with Gasteiger partial charge in [0, 0.05) is 28.4 Å². The molecule has 0 saturated heterocycles. The first-order valence-electron chi connectivity index (χ1n) is 10.9. The summed E-state index contributed by atoms with van der Waals surface area (Å²) in [6, 6.07) is 7.84. The summed E-state index contributed by atoms with van der Waals surface area (Å²) in [5.74, 6) is -0.741. The molecule has 0 aliphatic heterocycles. The molecule has 0 unspecified atom stereocenters. The van der Waals surface area contributed by atoms with Gasteiger partial charge in [-0.15, -0.1) is 0 Å². The Bertz CT molecular complexity index is 1250. The number of carbonyl (C=O) groups excluding carboxylic acids is 2. The summed E-state index contributed by atoms with van der Waals surface area (Å²) in [5.41, 5.74) is 0.278. The van der Waals surface area contributed by atoms with E-state index in [0.717, 1.165) is 11.5 Å². The average Bonchev–Trinajstić information content (AvgIpc) is 2.72. The van der Waals surface area contributed by atoms with Gasteiger partial charge in [0.15, 0.2) is 0 Å². The Morgan fingerprint density at radius 1 is 1.03 bits per heavy atom. The van der Waals surface area contributed by atoms with Crippen LogP contribution in [0.2, 0.25) is 5.02 Å². The van der Waals surface area contributed by atoms with Crippen LogP contribution >= 0.6 is 11.6 Å². The number of nitrogens with zero attached hydrogens (tertiary/aromatic N) is 2. The fourth-order valence-electron chi connectivity index (χ4n) is 3.20. The van der Waals surface area contributed by atoms with Gasteiger partial charge in [0.1, 0.15) is 18.0 Å². The van der Waals surface area contributed by atoms with Gasteiger partial charge in [-0.3, -0.25) is 9.59 Å². The van der Waals surface area contributed by atoms with Crippen LogP contribution < -0.4 is 16.0 Å². The molecule has 0 saturated carbocycles. The molecule has 0 aliphatic carbocycles. The molecule has 2 amide bonds. The van der Waals surface area contributed by atoms with Crippen molar-refractivity contribution in [1.29, 1.82) is 0 Å². The number of carbonyl (C=O) groups is 2. The van der Waals surface area contributed by atoms with Gasteiger partial charge in [-0.05, 0) is 45.0 Å². The zero-order chi connectivity index (χ0) is 25.3. The van der Waals surface area contributed by atoms with Crippen LogP contribution in [0.15, 0.2) is 36.7 Å². The van der Waals surface area contributed by atoms with E-state index in [1.54, 1.807) is 32.9 Å². The number of nitrogens with one attached hydrogen (secondary N) is 3. The molecule has 34 heavy (non-hydrogen) atoms. The van der Waals surface area contributed by atoms with E-state index in [1.165, 1.54) is 12.4 Å². The Kier molecular flexibility index (Phi) is 7.12. The predicted molar refractivity (Wildman–Crippen MR) is 134 cm³/mol. The highest BCUT2D eigenvalue weighted by atomic mass is 35.5. The fourth-order valence-corrected chi connectivity index (χ4v) is 3.51. The Balaban J connectivity index is 1.90. The number of aromatic nitrogens is 2. The second-order valence-corrected chi connectivity index (χ2v) is 10.5. The quantitative estimate of drug-likeness (QED) is 0.440. The highest BCUT2D eigenvalue weighted by Gasteiger charge is 2.23. The SMILES string of the molecule is CC(C)(C)Nc1ncnc2c(NC(=O)c3ccc(F)c(CNC(=O)C(C)(C)C)c3Cl)cccc12. The molecule has 3 rings (SSSR count). The lowest BCUT2D eigenvalue weighted by molar-refractivity contribution is -0.128. The molecule has 1 heterocycles. The topological polar surface area (TPSA) is 96.0 Å². The average molecular weight is 486 g/mol. The zero-order valence-corrected chi connectivity index (χ0v) is 20.9. The van der Waals surface area contributed by atoms with Crippen LogP contribution in [0.3, 0.4) is 0 Å². The van der Waals surface area contributed by atoms with E-state index in [2.05, 4.69) is 25.9 Å². The summed E-state index contributed by atoms with van der Waals surface area (Å²) in [6.45, 7) is 11.2. The largest absolute Gasteiger partial charge is 0.365 e. The van der Waals surface area contributed by atoms with E-state index in [9.17, 15) is 14.0 Å². The minimum absolute atomic E-state index is 0.0452. The summed E-state index contributed by atoms with van der Waals surface area (Å²) >= 11 is 6.40. The molecule has 0 fully saturated rings. The Morgan fingerprint density at radius 2 is 1.74 bits per heavy atom. The van der Waals surface area contributed by atoms with Crippen molar-refractivity contribution >= 4 is 45.8 Å². The third kappa shape index (κ3) is 5.80. The molecule has 0 radical (unpaired) electrons. The number of hydrogen-bond acceptors (Lipinski definition) is 5. The molecular formula is C25H29ClFN5O2. The molecule has 1 aromatic heterocycles. The number of anilines is 2. The lowest BCUT2D eigenvalue weighted by atomic mass is 9.95. The first-order chi connectivity index (χ1) is 15.8. The lowest BCUT2D eigenvalue weighted by Crippen LogP contribution is -2.34. The second-order valence-electron chi connectivity index (χ2n) is 10.1. The molecule has 0 atom stereocenters. The van der Waals surface area contributed by atoms with Crippen LogP contribution in [0, 0.1) is 11.2 Å². The van der Waals surface area contributed by atoms with E-state index in [-0.39, 0.29) is 34.1 Å². The Morgan fingerprint density at radius 3 is 2.38 bits per heavy atom. The van der Waals surface area contributed by atoms with Crippen molar-refractivity contribution in [2.75, 3.05) is 10.6 Å². The van der Waals surface area contributed by atoms with E-state index >= 15 is 0 Å². The van der Waals surface area contributed by atoms with E-state index in [4.69, 9.17) is 11.6 Å². The monoisotopic (exact) mass is 485 g/mol. The summed E-state index contributed by atoms with van der Waals surface area (Å²) < 4.78 is 14.5. The van der Waals surface area contributed by atoms with E-state index in [1.807, 2.05) is 26.8 Å². The summed E-state index contributed by atoms with van der Waals surface area (Å²) in [5, 5.41) is 9.50. The smallest absolute Gasteiger partial charge is 0.257 e. The van der Waals surface area contributed by atoms with Gasteiger partial charge in [0.2, 0.25) is 5.91 Å². The van der Waals surface area contributed by atoms with Crippen molar-refractivity contribution in [3.63, 3.8) is 0 Å². The highest BCUT2D eigenvalue weighted by Crippen LogP contribution is 2.29. The molecule has 2 aromatic carbocycles. The first kappa shape index (κ1) is 25.4. The molecule has 180 valence electrons. The van der Waals surface area contributed by atoms with Gasteiger partial charge in [-0.2, -0.15) is 0 Å². The van der Waals surface area contributed by atoms with Gasteiger partial charge < -0.3 is 16.0 Å². The number of hydrogen-bond donors (Lipinski definition) is 3. The van der Waals surface area contributed by atoms with Gasteiger partial charge in [-0.1, -0.05) is 38.4 Å². The molecule has 3 N–H and O–H groups in total. The van der Waals surface area contributed by atoms with Gasteiger partial charge in [-0.25, -0.2) is 14.4 Å². The lowest BCUT2D eigenvalue weighted by Gasteiger charge is -2.22. The van der Waals surface area contributed by atoms with Crippen LogP contribution in [0.25, 0.3) is 10.9 Å². The van der Waals surface area contributed by atoms with Gasteiger partial charge >= 0.3 is 0 Å². The standard InChI is InChI=1S/C25H29ClFN5O2/c1-24(2,3)23(34)28-12-16-17(27)11-10-14(19(16)26)22(33)31-18-9-7-8-15-20(18)29-13-30-21(15)32-25(4,5)6/h7-11,13H,12H2,1-6H3,(H,28,34)(H,31,33)(H,29,30,32). The van der Waals surface area contributed by atoms with Gasteiger partial charge in [0.25, 0.3) is 5.91 Å². The van der Waals surface area contributed by atoms with Crippen molar-refractivity contribution in [3.8, 4) is 0 Å². The molecule has 3 aromatic rings. The second kappa shape index (κ2) is 9.54. The van der Waals surface area contributed by atoms with Crippen molar-refractivity contribution in [2.45, 2.75) is 53.6 Å². The summed E-state index contributed by atoms with van der Waals surface area (Å²) in [6.07, 6.45) is 1.42. The molecule has 7 nitrogen and oxygen atoms in total. The maximum Gasteiger partial charge on any atom is 0.257 e. The highest BCUT2D eigenvalue weighted by molar-refractivity contribution is 6.35. The minimum Gasteiger partial charge on any atom is -0.365 e. The molecule has 0 aliphatic rings. The number of benzene rings is 2. The molecule has 0 bridgehead atoms. The third-order valence-corrected chi connectivity index (χ3v) is 5.38. The van der Waals surface area contributed by atoms with E-state index < -0.39 is 17.1 Å². The van der Waals surface area contributed by atoms with Crippen molar-refractivity contribution < 1.29 is 14.0 Å². The number of amides is 2. The minimum atomic E-state index is -0.644. The normalized spacial score (nSPS) is 11.9. The number of rotatable bonds is 5. The summed E-state index contributed by atoms with van der Waals surface area (Å²) in [7, 11) is 0. The third-order valence-electron chi connectivity index (χ3n) is 4.94. The van der Waals surface area contributed by atoms with Crippen molar-refractivity contribution in [2.24, 2.45) is 5.41 Å². The predicted octanol–water partition coefficient (Wildman–Crippen LogP) is 5.55. The van der Waals surface area contributed by atoms with Crippen LogP contribution in [-0.2, 0) is 11.3 Å². The van der Waals surface area contributed by atoms with E-state index in [0.29, 0.717) is 17.0 Å². The zero-order valence-electron chi connectivity index (χ0n) is 20.1. The van der Waals surface area contributed by atoms with Crippen LogP contribution in [-0.4, -0.2) is 27.3 Å². The number of para-hydroxylation sites is 1. The first-order valence-corrected chi connectivity index (χ1v) is 11.2. The Hall–Kier alpha value is -3.26. The maximum absolute atomic E-state index is 14.5.